The topological polar surface area (TPSA) is 54.4 Å². The summed E-state index contributed by atoms with van der Waals surface area (Å²) in [6, 6.07) is 15.9. The number of benzene rings is 2. The van der Waals surface area contributed by atoms with Gasteiger partial charge in [0.15, 0.2) is 5.78 Å². The molecule has 0 aliphatic carbocycles. The minimum Gasteiger partial charge on any atom is -0.481 e. The van der Waals surface area contributed by atoms with E-state index in [9.17, 15) is 9.59 Å². The third kappa shape index (κ3) is 3.33. The molecule has 0 aliphatic heterocycles. The number of carbonyl (C=O) groups is 2. The lowest BCUT2D eigenvalue weighted by Crippen LogP contribution is -2.03. The molecular formula is C17H12O3. The summed E-state index contributed by atoms with van der Waals surface area (Å²) in [5.74, 6) is 4.19. The van der Waals surface area contributed by atoms with Gasteiger partial charge in [-0.25, -0.2) is 0 Å². The normalized spacial score (nSPS) is 9.40. The average Bonchev–Trinajstić information content (AvgIpc) is 2.47. The van der Waals surface area contributed by atoms with E-state index < -0.39 is 5.97 Å². The molecule has 0 radical (unpaired) electrons. The van der Waals surface area contributed by atoms with E-state index in [1.165, 1.54) is 0 Å². The summed E-state index contributed by atoms with van der Waals surface area (Å²) in [4.78, 5) is 22.8. The van der Waals surface area contributed by atoms with E-state index in [1.54, 1.807) is 48.5 Å². The number of carbonyl (C=O) groups excluding carboxylic acids is 1. The quantitative estimate of drug-likeness (QED) is 0.685. The second kappa shape index (κ2) is 6.35. The van der Waals surface area contributed by atoms with Crippen LogP contribution in [-0.4, -0.2) is 16.9 Å². The van der Waals surface area contributed by atoms with Crippen LogP contribution in [0.3, 0.4) is 0 Å². The maximum Gasteiger partial charge on any atom is 0.315 e. The van der Waals surface area contributed by atoms with Gasteiger partial charge in [-0.2, -0.15) is 0 Å². The van der Waals surface area contributed by atoms with Gasteiger partial charge in [-0.15, -0.1) is 0 Å². The molecule has 0 aromatic heterocycles. The zero-order valence-electron chi connectivity index (χ0n) is 10.7. The Balaban J connectivity index is 2.35. The molecule has 1 N–H and O–H groups in total. The Hall–Kier alpha value is -2.86. The van der Waals surface area contributed by atoms with Crippen LogP contribution in [0.15, 0.2) is 54.6 Å². The van der Waals surface area contributed by atoms with Crippen molar-refractivity contribution in [1.29, 1.82) is 0 Å². The predicted octanol–water partition coefficient (Wildman–Crippen LogP) is 2.74. The maximum absolute atomic E-state index is 12.4. The lowest BCUT2D eigenvalue weighted by atomic mass is 9.98. The molecule has 2 aromatic rings. The second-order valence-electron chi connectivity index (χ2n) is 4.11. The zero-order valence-corrected chi connectivity index (χ0v) is 10.7. The summed E-state index contributed by atoms with van der Waals surface area (Å²) < 4.78 is 0. The van der Waals surface area contributed by atoms with Crippen molar-refractivity contribution >= 4 is 11.8 Å². The highest BCUT2D eigenvalue weighted by atomic mass is 16.4. The van der Waals surface area contributed by atoms with Crippen LogP contribution in [0.4, 0.5) is 0 Å². The lowest BCUT2D eigenvalue weighted by Gasteiger charge is -2.03. The third-order valence-corrected chi connectivity index (χ3v) is 2.67. The minimum atomic E-state index is -0.982. The molecule has 0 amide bonds. The fraction of sp³-hybridized carbons (Fsp3) is 0.0588. The van der Waals surface area contributed by atoms with Crippen LogP contribution in [0, 0.1) is 11.8 Å². The number of rotatable bonds is 3. The van der Waals surface area contributed by atoms with Gasteiger partial charge in [0, 0.05) is 16.7 Å². The Morgan fingerprint density at radius 2 is 1.60 bits per heavy atom. The number of carboxylic acids is 1. The fourth-order valence-electron chi connectivity index (χ4n) is 1.75. The van der Waals surface area contributed by atoms with Crippen molar-refractivity contribution < 1.29 is 14.7 Å². The first-order valence-electron chi connectivity index (χ1n) is 6.08. The van der Waals surface area contributed by atoms with Crippen molar-refractivity contribution in [2.45, 2.75) is 6.42 Å². The van der Waals surface area contributed by atoms with Crippen LogP contribution in [0.1, 0.15) is 27.9 Å². The van der Waals surface area contributed by atoms with E-state index in [0.717, 1.165) is 0 Å². The van der Waals surface area contributed by atoms with Gasteiger partial charge in [0.25, 0.3) is 0 Å². The van der Waals surface area contributed by atoms with Gasteiger partial charge in [-0.3, -0.25) is 9.59 Å². The molecule has 3 nitrogen and oxygen atoms in total. The van der Waals surface area contributed by atoms with Crippen molar-refractivity contribution in [1.82, 2.24) is 0 Å². The molecule has 0 heterocycles. The molecule has 0 saturated heterocycles. The van der Waals surface area contributed by atoms with Crippen LogP contribution in [0.25, 0.3) is 0 Å². The van der Waals surface area contributed by atoms with E-state index in [4.69, 9.17) is 5.11 Å². The number of ketones is 1. The Morgan fingerprint density at radius 1 is 0.950 bits per heavy atom. The van der Waals surface area contributed by atoms with E-state index >= 15 is 0 Å². The minimum absolute atomic E-state index is 0.120. The molecule has 0 unspecified atom stereocenters. The number of hydrogen-bond donors (Lipinski definition) is 1. The van der Waals surface area contributed by atoms with Gasteiger partial charge < -0.3 is 5.11 Å². The van der Waals surface area contributed by atoms with Gasteiger partial charge in [0.1, 0.15) is 6.42 Å². The zero-order chi connectivity index (χ0) is 14.4. The Kier molecular flexibility index (Phi) is 4.31. The summed E-state index contributed by atoms with van der Waals surface area (Å²) in [5, 5.41) is 8.58. The highest BCUT2D eigenvalue weighted by molar-refractivity contribution is 6.10. The standard InChI is InChI=1S/C17H12O3/c18-16(19)12-6-10-13-7-4-5-11-15(13)17(20)14-8-2-1-3-9-14/h1-5,7-9,11H,12H2,(H,18,19). The molecule has 2 rings (SSSR count). The van der Waals surface area contributed by atoms with E-state index in [-0.39, 0.29) is 12.2 Å². The summed E-state index contributed by atoms with van der Waals surface area (Å²) in [6.45, 7) is 0. The third-order valence-electron chi connectivity index (χ3n) is 2.67. The molecule has 2 aromatic carbocycles. The SMILES string of the molecule is O=C(O)CC#Cc1ccccc1C(=O)c1ccccc1. The Morgan fingerprint density at radius 3 is 2.30 bits per heavy atom. The molecule has 0 aliphatic rings. The second-order valence-corrected chi connectivity index (χ2v) is 4.11. The predicted molar refractivity (Wildman–Crippen MR) is 75.4 cm³/mol. The number of carboxylic acid groups (broad SMARTS) is 1. The highest BCUT2D eigenvalue weighted by Gasteiger charge is 2.11. The lowest BCUT2D eigenvalue weighted by molar-refractivity contribution is -0.135. The van der Waals surface area contributed by atoms with Crippen molar-refractivity contribution in [3.05, 3.63) is 71.3 Å². The first-order chi connectivity index (χ1) is 9.68. The van der Waals surface area contributed by atoms with Crippen molar-refractivity contribution in [2.75, 3.05) is 0 Å². The summed E-state index contributed by atoms with van der Waals surface area (Å²) in [7, 11) is 0. The maximum atomic E-state index is 12.4. The largest absolute Gasteiger partial charge is 0.481 e. The first-order valence-corrected chi connectivity index (χ1v) is 6.08. The van der Waals surface area contributed by atoms with Crippen molar-refractivity contribution in [3.63, 3.8) is 0 Å². The highest BCUT2D eigenvalue weighted by Crippen LogP contribution is 2.13. The Labute approximate surface area is 116 Å². The van der Waals surface area contributed by atoms with E-state index in [0.29, 0.717) is 16.7 Å². The van der Waals surface area contributed by atoms with Gasteiger partial charge in [-0.05, 0) is 12.1 Å². The first kappa shape index (κ1) is 13.6. The monoisotopic (exact) mass is 264 g/mol. The number of hydrogen-bond acceptors (Lipinski definition) is 2. The van der Waals surface area contributed by atoms with Crippen LogP contribution in [0.5, 0.6) is 0 Å². The molecule has 0 atom stereocenters. The van der Waals surface area contributed by atoms with Crippen LogP contribution in [0.2, 0.25) is 0 Å². The summed E-state index contributed by atoms with van der Waals surface area (Å²) in [5.41, 5.74) is 1.61. The van der Waals surface area contributed by atoms with Crippen LogP contribution < -0.4 is 0 Å². The molecule has 20 heavy (non-hydrogen) atoms. The smallest absolute Gasteiger partial charge is 0.315 e. The van der Waals surface area contributed by atoms with Gasteiger partial charge in [-0.1, -0.05) is 54.3 Å². The van der Waals surface area contributed by atoms with Gasteiger partial charge in [0.2, 0.25) is 0 Å². The Bertz CT molecular complexity index is 691. The molecule has 3 heteroatoms. The van der Waals surface area contributed by atoms with Gasteiger partial charge in [0.05, 0.1) is 0 Å². The fourth-order valence-corrected chi connectivity index (χ4v) is 1.75. The van der Waals surface area contributed by atoms with E-state index in [1.807, 2.05) is 6.07 Å². The summed E-state index contributed by atoms with van der Waals surface area (Å²) >= 11 is 0. The van der Waals surface area contributed by atoms with Crippen LogP contribution >= 0.6 is 0 Å². The summed E-state index contributed by atoms with van der Waals surface area (Å²) in [6.07, 6.45) is -0.242. The number of aliphatic carboxylic acids is 1. The molecule has 0 saturated carbocycles. The van der Waals surface area contributed by atoms with E-state index in [2.05, 4.69) is 11.8 Å². The molecule has 0 spiro atoms. The van der Waals surface area contributed by atoms with Crippen molar-refractivity contribution in [2.24, 2.45) is 0 Å². The van der Waals surface area contributed by atoms with Crippen LogP contribution in [-0.2, 0) is 4.79 Å². The molecular weight excluding hydrogens is 252 g/mol. The average molecular weight is 264 g/mol. The van der Waals surface area contributed by atoms with Gasteiger partial charge >= 0.3 is 5.97 Å². The molecule has 0 fully saturated rings. The van der Waals surface area contributed by atoms with Crippen molar-refractivity contribution in [3.8, 4) is 11.8 Å². The molecule has 98 valence electrons. The molecule has 0 bridgehead atoms.